The van der Waals surface area contributed by atoms with Gasteiger partial charge in [-0.1, -0.05) is 6.07 Å². The zero-order chi connectivity index (χ0) is 16.0. The Morgan fingerprint density at radius 2 is 1.95 bits per heavy atom. The molecule has 1 rings (SSSR count). The molecule has 0 heterocycles. The molecule has 0 radical (unpaired) electrons. The van der Waals surface area contributed by atoms with E-state index in [0.717, 1.165) is 12.1 Å². The van der Waals surface area contributed by atoms with Crippen molar-refractivity contribution in [2.45, 2.75) is 32.6 Å². The molecule has 0 atom stereocenters. The third kappa shape index (κ3) is 5.97. The number of benzene rings is 1. The number of rotatable bonds is 6. The van der Waals surface area contributed by atoms with E-state index in [0.29, 0.717) is 5.56 Å². The van der Waals surface area contributed by atoms with E-state index in [2.05, 4.69) is 9.47 Å². The number of carbonyl (C=O) groups excluding carboxylic acids is 1. The second-order valence-electron chi connectivity index (χ2n) is 4.03. The minimum absolute atomic E-state index is 0.0456. The number of aryl methyl sites for hydroxylation is 1. The SMILES string of the molecule is CCOC(=O)CCc1ccc(OC(F)(F)F)c(C(F)F)c1. The summed E-state index contributed by atoms with van der Waals surface area (Å²) in [6, 6.07) is 2.91. The zero-order valence-electron chi connectivity index (χ0n) is 11.0. The van der Waals surface area contributed by atoms with Crippen molar-refractivity contribution in [2.24, 2.45) is 0 Å². The van der Waals surface area contributed by atoms with Gasteiger partial charge in [-0.3, -0.25) is 4.79 Å². The number of halogens is 5. The molecule has 0 saturated carbocycles. The van der Waals surface area contributed by atoms with E-state index in [9.17, 15) is 26.7 Å². The van der Waals surface area contributed by atoms with Gasteiger partial charge in [0.2, 0.25) is 0 Å². The van der Waals surface area contributed by atoms with Crippen LogP contribution in [0, 0.1) is 0 Å². The van der Waals surface area contributed by atoms with Crippen LogP contribution in [0.1, 0.15) is 30.9 Å². The molecule has 0 saturated heterocycles. The second-order valence-corrected chi connectivity index (χ2v) is 4.03. The predicted molar refractivity (Wildman–Crippen MR) is 63.0 cm³/mol. The summed E-state index contributed by atoms with van der Waals surface area (Å²) in [5.41, 5.74) is -0.568. The van der Waals surface area contributed by atoms with Gasteiger partial charge >= 0.3 is 12.3 Å². The average molecular weight is 312 g/mol. The van der Waals surface area contributed by atoms with Gasteiger partial charge in [-0.15, -0.1) is 13.2 Å². The van der Waals surface area contributed by atoms with Gasteiger partial charge in [-0.05, 0) is 31.0 Å². The first-order valence-corrected chi connectivity index (χ1v) is 6.05. The first kappa shape index (κ1) is 17.2. The van der Waals surface area contributed by atoms with Crippen molar-refractivity contribution in [1.82, 2.24) is 0 Å². The van der Waals surface area contributed by atoms with E-state index >= 15 is 0 Å². The Balaban J connectivity index is 2.85. The van der Waals surface area contributed by atoms with Gasteiger partial charge in [0.15, 0.2) is 0 Å². The minimum atomic E-state index is -5.05. The molecule has 3 nitrogen and oxygen atoms in total. The van der Waals surface area contributed by atoms with Crippen LogP contribution in [-0.4, -0.2) is 18.9 Å². The van der Waals surface area contributed by atoms with E-state index in [1.807, 2.05) is 0 Å². The van der Waals surface area contributed by atoms with Crippen LogP contribution < -0.4 is 4.74 Å². The van der Waals surface area contributed by atoms with E-state index in [4.69, 9.17) is 0 Å². The van der Waals surface area contributed by atoms with Crippen molar-refractivity contribution in [3.63, 3.8) is 0 Å². The van der Waals surface area contributed by atoms with Gasteiger partial charge in [-0.2, -0.15) is 0 Å². The van der Waals surface area contributed by atoms with E-state index in [-0.39, 0.29) is 19.4 Å². The summed E-state index contributed by atoms with van der Waals surface area (Å²) in [4.78, 5) is 11.1. The summed E-state index contributed by atoms with van der Waals surface area (Å²) in [7, 11) is 0. The highest BCUT2D eigenvalue weighted by Gasteiger charge is 2.33. The molecule has 0 aliphatic heterocycles. The Labute approximate surface area is 117 Å². The van der Waals surface area contributed by atoms with Gasteiger partial charge in [0.25, 0.3) is 6.43 Å². The lowest BCUT2D eigenvalue weighted by Gasteiger charge is -2.14. The van der Waals surface area contributed by atoms with Crippen molar-refractivity contribution >= 4 is 5.97 Å². The highest BCUT2D eigenvalue weighted by molar-refractivity contribution is 5.69. The van der Waals surface area contributed by atoms with Gasteiger partial charge in [0.1, 0.15) is 5.75 Å². The maximum absolute atomic E-state index is 12.8. The summed E-state index contributed by atoms with van der Waals surface area (Å²) < 4.78 is 70.0. The van der Waals surface area contributed by atoms with Gasteiger partial charge in [0.05, 0.1) is 12.2 Å². The molecule has 0 aromatic heterocycles. The van der Waals surface area contributed by atoms with Crippen LogP contribution in [0.2, 0.25) is 0 Å². The summed E-state index contributed by atoms with van der Waals surface area (Å²) >= 11 is 0. The molecule has 1 aromatic carbocycles. The fraction of sp³-hybridized carbons (Fsp3) is 0.462. The molecular weight excluding hydrogens is 299 g/mol. The topological polar surface area (TPSA) is 35.5 Å². The molecule has 21 heavy (non-hydrogen) atoms. The molecule has 118 valence electrons. The fourth-order valence-corrected chi connectivity index (χ4v) is 1.62. The summed E-state index contributed by atoms with van der Waals surface area (Å²) in [5, 5.41) is 0. The minimum Gasteiger partial charge on any atom is -0.466 e. The summed E-state index contributed by atoms with van der Waals surface area (Å²) in [5.74, 6) is -1.45. The number of carbonyl (C=O) groups is 1. The Morgan fingerprint density at radius 1 is 1.29 bits per heavy atom. The molecule has 1 aromatic rings. The van der Waals surface area contributed by atoms with E-state index in [1.165, 1.54) is 6.07 Å². The van der Waals surface area contributed by atoms with Crippen molar-refractivity contribution < 1.29 is 36.2 Å². The summed E-state index contributed by atoms with van der Waals surface area (Å²) in [6.45, 7) is 1.82. The monoisotopic (exact) mass is 312 g/mol. The lowest BCUT2D eigenvalue weighted by Crippen LogP contribution is -2.18. The quantitative estimate of drug-likeness (QED) is 0.588. The van der Waals surface area contributed by atoms with Crippen LogP contribution in [0.15, 0.2) is 18.2 Å². The number of hydrogen-bond acceptors (Lipinski definition) is 3. The Hall–Kier alpha value is -1.86. The Morgan fingerprint density at radius 3 is 2.48 bits per heavy atom. The van der Waals surface area contributed by atoms with Crippen LogP contribution in [-0.2, 0) is 16.0 Å². The van der Waals surface area contributed by atoms with Crippen molar-refractivity contribution in [2.75, 3.05) is 6.61 Å². The third-order valence-corrected chi connectivity index (χ3v) is 2.46. The predicted octanol–water partition coefficient (Wildman–Crippen LogP) is 4.02. The lowest BCUT2D eigenvalue weighted by molar-refractivity contribution is -0.275. The third-order valence-electron chi connectivity index (χ3n) is 2.46. The van der Waals surface area contributed by atoms with Gasteiger partial charge in [0, 0.05) is 6.42 Å². The normalized spacial score (nSPS) is 11.6. The molecule has 0 N–H and O–H groups in total. The smallest absolute Gasteiger partial charge is 0.466 e. The number of hydrogen-bond donors (Lipinski definition) is 0. The second kappa shape index (κ2) is 7.24. The molecule has 0 amide bonds. The number of esters is 1. The van der Waals surface area contributed by atoms with Crippen LogP contribution in [0.4, 0.5) is 22.0 Å². The molecule has 8 heteroatoms. The molecule has 0 unspecified atom stereocenters. The molecule has 0 fully saturated rings. The Bertz CT molecular complexity index is 485. The van der Waals surface area contributed by atoms with Crippen LogP contribution in [0.5, 0.6) is 5.75 Å². The molecular formula is C13H13F5O3. The first-order chi connectivity index (χ1) is 9.73. The standard InChI is InChI=1S/C13H13F5O3/c1-2-20-11(19)6-4-8-3-5-10(21-13(16,17)18)9(7-8)12(14)15/h3,5,7,12H,2,4,6H2,1H3. The van der Waals surface area contributed by atoms with Gasteiger partial charge < -0.3 is 9.47 Å². The van der Waals surface area contributed by atoms with Crippen molar-refractivity contribution in [3.05, 3.63) is 29.3 Å². The van der Waals surface area contributed by atoms with E-state index in [1.54, 1.807) is 6.92 Å². The van der Waals surface area contributed by atoms with Crippen molar-refractivity contribution in [3.8, 4) is 5.75 Å². The average Bonchev–Trinajstić information content (AvgIpc) is 2.35. The number of alkyl halides is 5. The highest BCUT2D eigenvalue weighted by Crippen LogP contribution is 2.33. The molecule has 0 aliphatic carbocycles. The molecule has 0 bridgehead atoms. The molecule has 0 aliphatic rings. The van der Waals surface area contributed by atoms with Crippen molar-refractivity contribution in [1.29, 1.82) is 0 Å². The number of ether oxygens (including phenoxy) is 2. The maximum atomic E-state index is 12.8. The van der Waals surface area contributed by atoms with Crippen LogP contribution >= 0.6 is 0 Å². The van der Waals surface area contributed by atoms with Gasteiger partial charge in [-0.25, -0.2) is 8.78 Å². The van der Waals surface area contributed by atoms with Crippen LogP contribution in [0.25, 0.3) is 0 Å². The highest BCUT2D eigenvalue weighted by atomic mass is 19.4. The maximum Gasteiger partial charge on any atom is 0.573 e. The lowest BCUT2D eigenvalue weighted by atomic mass is 10.1. The van der Waals surface area contributed by atoms with E-state index < -0.39 is 30.1 Å². The van der Waals surface area contributed by atoms with Crippen LogP contribution in [0.3, 0.4) is 0 Å². The first-order valence-electron chi connectivity index (χ1n) is 6.05. The summed E-state index contributed by atoms with van der Waals surface area (Å²) in [6.07, 6.45) is -8.12. The largest absolute Gasteiger partial charge is 0.573 e. The Kier molecular flexibility index (Phi) is 5.92. The molecule has 0 spiro atoms. The zero-order valence-corrected chi connectivity index (χ0v) is 11.0. The fourth-order valence-electron chi connectivity index (χ4n) is 1.62.